The molecule has 0 radical (unpaired) electrons. The van der Waals surface area contributed by atoms with Crippen molar-refractivity contribution >= 4 is 23.0 Å². The van der Waals surface area contributed by atoms with Gasteiger partial charge in [0.15, 0.2) is 16.7 Å². The van der Waals surface area contributed by atoms with Gasteiger partial charge < -0.3 is 10.6 Å². The molecule has 0 aliphatic heterocycles. The van der Waals surface area contributed by atoms with E-state index in [1.807, 2.05) is 6.92 Å². The summed E-state index contributed by atoms with van der Waals surface area (Å²) in [5.41, 5.74) is 1.33. The van der Waals surface area contributed by atoms with Crippen LogP contribution in [-0.2, 0) is 0 Å². The molecule has 0 bridgehead atoms. The Morgan fingerprint density at radius 3 is 2.62 bits per heavy atom. The molecule has 0 heterocycles. The molecule has 2 nitrogen and oxygen atoms in total. The first-order valence-electron chi connectivity index (χ1n) is 4.63. The maximum Gasteiger partial charge on any atom is 0.171 e. The molecule has 16 heavy (non-hydrogen) atoms. The second-order valence-electron chi connectivity index (χ2n) is 3.39. The lowest BCUT2D eigenvalue weighted by molar-refractivity contribution is 0.509. The zero-order valence-corrected chi connectivity index (χ0v) is 9.63. The number of halogens is 2. The van der Waals surface area contributed by atoms with E-state index in [0.29, 0.717) is 17.3 Å². The highest BCUT2D eigenvalue weighted by atomic mass is 32.1. The smallest absolute Gasteiger partial charge is 0.171 e. The number of hydrogen-bond acceptors (Lipinski definition) is 1. The van der Waals surface area contributed by atoms with E-state index < -0.39 is 11.6 Å². The molecule has 0 atom stereocenters. The highest BCUT2D eigenvalue weighted by Crippen LogP contribution is 2.12. The van der Waals surface area contributed by atoms with Crippen molar-refractivity contribution in [2.24, 2.45) is 0 Å². The van der Waals surface area contributed by atoms with E-state index in [-0.39, 0.29) is 0 Å². The topological polar surface area (TPSA) is 24.1 Å². The van der Waals surface area contributed by atoms with E-state index in [0.717, 1.165) is 17.7 Å². The molecule has 86 valence electrons. The van der Waals surface area contributed by atoms with E-state index >= 15 is 0 Å². The van der Waals surface area contributed by atoms with Crippen LogP contribution >= 0.6 is 12.2 Å². The molecule has 1 rings (SSSR count). The SMILES string of the molecule is C=C(C)CNC(=S)Nc1ccc(F)c(F)c1. The molecule has 0 aliphatic rings. The second kappa shape index (κ2) is 5.55. The summed E-state index contributed by atoms with van der Waals surface area (Å²) in [5, 5.41) is 5.95. The van der Waals surface area contributed by atoms with Crippen molar-refractivity contribution in [1.29, 1.82) is 0 Å². The number of thiocarbonyl (C=S) groups is 1. The number of benzene rings is 1. The van der Waals surface area contributed by atoms with Crippen LogP contribution in [-0.4, -0.2) is 11.7 Å². The standard InChI is InChI=1S/C11H12F2N2S/c1-7(2)6-14-11(16)15-8-3-4-9(12)10(13)5-8/h3-5H,1,6H2,2H3,(H2,14,15,16). The lowest BCUT2D eigenvalue weighted by atomic mass is 10.3. The first kappa shape index (κ1) is 12.6. The Labute approximate surface area is 98.4 Å². The van der Waals surface area contributed by atoms with Crippen LogP contribution in [0.1, 0.15) is 6.92 Å². The van der Waals surface area contributed by atoms with Crippen LogP contribution < -0.4 is 10.6 Å². The molecule has 0 amide bonds. The number of anilines is 1. The molecule has 0 saturated heterocycles. The summed E-state index contributed by atoms with van der Waals surface area (Å²) >= 11 is 4.95. The van der Waals surface area contributed by atoms with Crippen LogP contribution in [0.4, 0.5) is 14.5 Å². The molecule has 5 heteroatoms. The Kier molecular flexibility index (Phi) is 4.37. The molecular formula is C11H12F2N2S. The summed E-state index contributed by atoms with van der Waals surface area (Å²) in [6.45, 7) is 6.09. The average Bonchev–Trinajstić information content (AvgIpc) is 2.21. The minimum Gasteiger partial charge on any atom is -0.359 e. The van der Waals surface area contributed by atoms with Crippen LogP contribution in [0, 0.1) is 11.6 Å². The minimum atomic E-state index is -0.910. The van der Waals surface area contributed by atoms with Gasteiger partial charge in [0.1, 0.15) is 0 Å². The molecule has 2 N–H and O–H groups in total. The van der Waals surface area contributed by atoms with Crippen molar-refractivity contribution in [3.63, 3.8) is 0 Å². The second-order valence-corrected chi connectivity index (χ2v) is 3.80. The van der Waals surface area contributed by atoms with Gasteiger partial charge in [0.2, 0.25) is 0 Å². The number of rotatable bonds is 3. The maximum absolute atomic E-state index is 12.9. The predicted molar refractivity (Wildman–Crippen MR) is 65.4 cm³/mol. The van der Waals surface area contributed by atoms with Gasteiger partial charge in [-0.2, -0.15) is 0 Å². The van der Waals surface area contributed by atoms with Crippen LogP contribution in [0.3, 0.4) is 0 Å². The quantitative estimate of drug-likeness (QED) is 0.629. The van der Waals surface area contributed by atoms with Gasteiger partial charge in [0.25, 0.3) is 0 Å². The fourth-order valence-electron chi connectivity index (χ4n) is 0.980. The van der Waals surface area contributed by atoms with Gasteiger partial charge in [-0.3, -0.25) is 0 Å². The van der Waals surface area contributed by atoms with Gasteiger partial charge in [-0.25, -0.2) is 8.78 Å². The summed E-state index contributed by atoms with van der Waals surface area (Å²) in [6, 6.07) is 3.50. The third-order valence-electron chi connectivity index (χ3n) is 1.73. The summed E-state index contributed by atoms with van der Waals surface area (Å²) in [6.07, 6.45) is 0. The molecule has 0 aliphatic carbocycles. The van der Waals surface area contributed by atoms with E-state index in [1.165, 1.54) is 6.07 Å². The van der Waals surface area contributed by atoms with Crippen molar-refractivity contribution in [3.8, 4) is 0 Å². The highest BCUT2D eigenvalue weighted by Gasteiger charge is 2.03. The minimum absolute atomic E-state index is 0.342. The number of hydrogen-bond donors (Lipinski definition) is 2. The van der Waals surface area contributed by atoms with Crippen molar-refractivity contribution in [1.82, 2.24) is 5.32 Å². The van der Waals surface area contributed by atoms with Gasteiger partial charge >= 0.3 is 0 Å². The fraction of sp³-hybridized carbons (Fsp3) is 0.182. The molecule has 0 fully saturated rings. The first-order valence-corrected chi connectivity index (χ1v) is 5.04. The predicted octanol–water partition coefficient (Wildman–Crippen LogP) is 2.83. The van der Waals surface area contributed by atoms with Crippen molar-refractivity contribution in [2.45, 2.75) is 6.92 Å². The Morgan fingerprint density at radius 1 is 1.38 bits per heavy atom. The summed E-state index contributed by atoms with van der Waals surface area (Å²) in [5.74, 6) is -1.79. The number of nitrogens with one attached hydrogen (secondary N) is 2. The highest BCUT2D eigenvalue weighted by molar-refractivity contribution is 7.80. The monoisotopic (exact) mass is 242 g/mol. The third-order valence-corrected chi connectivity index (χ3v) is 1.97. The average molecular weight is 242 g/mol. The summed E-state index contributed by atoms with van der Waals surface area (Å²) in [7, 11) is 0. The van der Waals surface area contributed by atoms with E-state index in [4.69, 9.17) is 12.2 Å². The van der Waals surface area contributed by atoms with E-state index in [9.17, 15) is 8.78 Å². The van der Waals surface area contributed by atoms with Gasteiger partial charge in [0.05, 0.1) is 0 Å². The van der Waals surface area contributed by atoms with Crippen molar-refractivity contribution in [2.75, 3.05) is 11.9 Å². The molecule has 0 aromatic heterocycles. The first-order chi connectivity index (χ1) is 7.49. The zero-order valence-electron chi connectivity index (χ0n) is 8.81. The lowest BCUT2D eigenvalue weighted by Gasteiger charge is -2.10. The fourth-order valence-corrected chi connectivity index (χ4v) is 1.17. The Bertz CT molecular complexity index is 418. The van der Waals surface area contributed by atoms with E-state index in [2.05, 4.69) is 17.2 Å². The Morgan fingerprint density at radius 2 is 2.06 bits per heavy atom. The van der Waals surface area contributed by atoms with Gasteiger partial charge in [0, 0.05) is 18.3 Å². The summed E-state index contributed by atoms with van der Waals surface area (Å²) < 4.78 is 25.5. The molecule has 0 spiro atoms. The molecule has 0 saturated carbocycles. The van der Waals surface area contributed by atoms with Gasteiger partial charge in [-0.1, -0.05) is 12.2 Å². The van der Waals surface area contributed by atoms with Crippen LogP contribution in [0.2, 0.25) is 0 Å². The maximum atomic E-state index is 12.9. The van der Waals surface area contributed by atoms with Crippen LogP contribution in [0.15, 0.2) is 30.4 Å². The van der Waals surface area contributed by atoms with Crippen molar-refractivity contribution in [3.05, 3.63) is 42.0 Å². The normalized spacial score (nSPS) is 9.69. The van der Waals surface area contributed by atoms with Crippen LogP contribution in [0.5, 0.6) is 0 Å². The van der Waals surface area contributed by atoms with Gasteiger partial charge in [-0.15, -0.1) is 0 Å². The van der Waals surface area contributed by atoms with Crippen molar-refractivity contribution < 1.29 is 8.78 Å². The molecule has 1 aromatic rings. The Hall–Kier alpha value is -1.49. The third kappa shape index (κ3) is 3.94. The largest absolute Gasteiger partial charge is 0.359 e. The summed E-state index contributed by atoms with van der Waals surface area (Å²) in [4.78, 5) is 0. The zero-order chi connectivity index (χ0) is 12.1. The van der Waals surface area contributed by atoms with E-state index in [1.54, 1.807) is 0 Å². The van der Waals surface area contributed by atoms with Crippen LogP contribution in [0.25, 0.3) is 0 Å². The van der Waals surface area contributed by atoms with Gasteiger partial charge in [-0.05, 0) is 31.3 Å². The molecule has 1 aromatic carbocycles. The Balaban J connectivity index is 2.56. The molecule has 0 unspecified atom stereocenters. The lowest BCUT2D eigenvalue weighted by Crippen LogP contribution is -2.29. The molecular weight excluding hydrogens is 230 g/mol.